The molecule has 0 spiro atoms. The Bertz CT molecular complexity index is 470. The highest BCUT2D eigenvalue weighted by Gasteiger charge is 2.31. The van der Waals surface area contributed by atoms with Crippen molar-refractivity contribution in [1.82, 2.24) is 0 Å². The van der Waals surface area contributed by atoms with Crippen LogP contribution in [-0.4, -0.2) is 24.3 Å². The van der Waals surface area contributed by atoms with Gasteiger partial charge in [0.25, 0.3) is 5.91 Å². The molecule has 0 heterocycles. The minimum atomic E-state index is -4.80. The van der Waals surface area contributed by atoms with Gasteiger partial charge in [0.05, 0.1) is 5.56 Å². The molecule has 0 saturated carbocycles. The summed E-state index contributed by atoms with van der Waals surface area (Å²) in [6.45, 7) is 1.28. The van der Waals surface area contributed by atoms with Crippen LogP contribution in [-0.2, 0) is 9.53 Å². The van der Waals surface area contributed by atoms with Crippen molar-refractivity contribution in [3.8, 4) is 5.75 Å². The summed E-state index contributed by atoms with van der Waals surface area (Å²) in [6.07, 6.45) is -5.93. The van der Waals surface area contributed by atoms with Gasteiger partial charge in [-0.25, -0.2) is 4.79 Å². The fourth-order valence-corrected chi connectivity index (χ4v) is 1.08. The van der Waals surface area contributed by atoms with E-state index in [1.165, 1.54) is 6.92 Å². The monoisotopic (exact) mass is 277 g/mol. The van der Waals surface area contributed by atoms with Crippen molar-refractivity contribution in [3.63, 3.8) is 0 Å². The number of primary amides is 1. The van der Waals surface area contributed by atoms with Gasteiger partial charge in [0.1, 0.15) is 5.75 Å². The van der Waals surface area contributed by atoms with E-state index in [1.807, 2.05) is 0 Å². The van der Waals surface area contributed by atoms with Crippen molar-refractivity contribution >= 4 is 11.9 Å². The van der Waals surface area contributed by atoms with Crippen molar-refractivity contribution in [1.29, 1.82) is 0 Å². The fourth-order valence-electron chi connectivity index (χ4n) is 1.08. The Kier molecular flexibility index (Phi) is 4.36. The molecular formula is C11H10F3NO4. The zero-order valence-electron chi connectivity index (χ0n) is 9.73. The molecule has 0 fully saturated rings. The van der Waals surface area contributed by atoms with Crippen LogP contribution in [0.3, 0.4) is 0 Å². The van der Waals surface area contributed by atoms with Gasteiger partial charge >= 0.3 is 12.3 Å². The number of benzene rings is 1. The van der Waals surface area contributed by atoms with Gasteiger partial charge in [0, 0.05) is 0 Å². The van der Waals surface area contributed by atoms with Gasteiger partial charge in [-0.3, -0.25) is 4.79 Å². The molecule has 0 aliphatic rings. The van der Waals surface area contributed by atoms with E-state index in [0.717, 1.165) is 24.3 Å². The van der Waals surface area contributed by atoms with E-state index < -0.39 is 30.1 Å². The van der Waals surface area contributed by atoms with Gasteiger partial charge in [0.2, 0.25) is 0 Å². The Labute approximate surface area is 106 Å². The number of halogens is 3. The summed E-state index contributed by atoms with van der Waals surface area (Å²) in [7, 11) is 0. The molecule has 1 amide bonds. The maximum absolute atomic E-state index is 11.9. The van der Waals surface area contributed by atoms with E-state index in [-0.39, 0.29) is 5.56 Å². The van der Waals surface area contributed by atoms with Crippen molar-refractivity contribution in [2.75, 3.05) is 0 Å². The fraction of sp³-hybridized carbons (Fsp3) is 0.273. The van der Waals surface area contributed by atoms with E-state index in [4.69, 9.17) is 5.73 Å². The Hall–Kier alpha value is -2.25. The maximum Gasteiger partial charge on any atom is 0.573 e. The standard InChI is InChI=1S/C11H10F3NO4/c1-6(9(15)16)18-10(17)7-2-4-8(5-3-7)19-11(12,13)14/h2-6H,1H3,(H2,15,16). The number of rotatable bonds is 4. The van der Waals surface area contributed by atoms with Crippen molar-refractivity contribution < 1.29 is 32.2 Å². The first-order valence-corrected chi connectivity index (χ1v) is 5.05. The average molecular weight is 277 g/mol. The molecule has 19 heavy (non-hydrogen) atoms. The summed E-state index contributed by atoms with van der Waals surface area (Å²) in [4.78, 5) is 22.1. The number of nitrogens with two attached hydrogens (primary N) is 1. The second-order valence-electron chi connectivity index (χ2n) is 3.52. The van der Waals surface area contributed by atoms with Gasteiger partial charge in [-0.05, 0) is 31.2 Å². The smallest absolute Gasteiger partial charge is 0.449 e. The Morgan fingerprint density at radius 3 is 2.16 bits per heavy atom. The van der Waals surface area contributed by atoms with E-state index in [1.54, 1.807) is 0 Å². The number of carbonyl (C=O) groups excluding carboxylic acids is 2. The van der Waals surface area contributed by atoms with E-state index in [2.05, 4.69) is 9.47 Å². The Morgan fingerprint density at radius 1 is 1.21 bits per heavy atom. The minimum absolute atomic E-state index is 0.0253. The van der Waals surface area contributed by atoms with Crippen LogP contribution in [0, 0.1) is 0 Å². The van der Waals surface area contributed by atoms with Gasteiger partial charge < -0.3 is 15.2 Å². The van der Waals surface area contributed by atoms with Crippen molar-refractivity contribution in [2.45, 2.75) is 19.4 Å². The summed E-state index contributed by atoms with van der Waals surface area (Å²) < 4.78 is 44.0. The number of hydrogen-bond acceptors (Lipinski definition) is 4. The number of hydrogen-bond donors (Lipinski definition) is 1. The summed E-state index contributed by atoms with van der Waals surface area (Å²) in [6, 6.07) is 4.08. The van der Waals surface area contributed by atoms with Gasteiger partial charge in [-0.15, -0.1) is 13.2 Å². The molecule has 1 atom stereocenters. The Morgan fingerprint density at radius 2 is 1.74 bits per heavy atom. The molecule has 0 saturated heterocycles. The predicted octanol–water partition coefficient (Wildman–Crippen LogP) is 1.62. The van der Waals surface area contributed by atoms with E-state index in [0.29, 0.717) is 0 Å². The summed E-state index contributed by atoms with van der Waals surface area (Å²) in [5, 5.41) is 0. The molecule has 1 aromatic carbocycles. The van der Waals surface area contributed by atoms with Crippen LogP contribution in [0.5, 0.6) is 5.75 Å². The number of alkyl halides is 3. The highest BCUT2D eigenvalue weighted by atomic mass is 19.4. The number of esters is 1. The van der Waals surface area contributed by atoms with Crippen LogP contribution in [0.2, 0.25) is 0 Å². The molecular weight excluding hydrogens is 267 g/mol. The van der Waals surface area contributed by atoms with Crippen LogP contribution >= 0.6 is 0 Å². The molecule has 5 nitrogen and oxygen atoms in total. The van der Waals surface area contributed by atoms with E-state index >= 15 is 0 Å². The zero-order chi connectivity index (χ0) is 14.6. The average Bonchev–Trinajstić information content (AvgIpc) is 2.27. The first kappa shape index (κ1) is 14.8. The largest absolute Gasteiger partial charge is 0.573 e. The van der Waals surface area contributed by atoms with Crippen LogP contribution in [0.15, 0.2) is 24.3 Å². The first-order chi connectivity index (χ1) is 8.69. The number of ether oxygens (including phenoxy) is 2. The molecule has 8 heteroatoms. The third-order valence-electron chi connectivity index (χ3n) is 2.01. The molecule has 1 aromatic rings. The third kappa shape index (κ3) is 4.86. The quantitative estimate of drug-likeness (QED) is 0.848. The predicted molar refractivity (Wildman–Crippen MR) is 57.2 cm³/mol. The molecule has 0 bridgehead atoms. The van der Waals surface area contributed by atoms with Crippen LogP contribution in [0.25, 0.3) is 0 Å². The second-order valence-corrected chi connectivity index (χ2v) is 3.52. The Balaban J connectivity index is 2.71. The van der Waals surface area contributed by atoms with Crippen LogP contribution < -0.4 is 10.5 Å². The van der Waals surface area contributed by atoms with Crippen LogP contribution in [0.1, 0.15) is 17.3 Å². The summed E-state index contributed by atoms with van der Waals surface area (Å²) in [5.41, 5.74) is 4.87. The van der Waals surface area contributed by atoms with Gasteiger partial charge in [0.15, 0.2) is 6.10 Å². The molecule has 0 radical (unpaired) electrons. The highest BCUT2D eigenvalue weighted by Crippen LogP contribution is 2.22. The van der Waals surface area contributed by atoms with Gasteiger partial charge in [-0.1, -0.05) is 0 Å². The lowest BCUT2D eigenvalue weighted by Crippen LogP contribution is -2.30. The second kappa shape index (κ2) is 5.59. The molecule has 2 N–H and O–H groups in total. The SMILES string of the molecule is CC(OC(=O)c1ccc(OC(F)(F)F)cc1)C(N)=O. The van der Waals surface area contributed by atoms with Gasteiger partial charge in [-0.2, -0.15) is 0 Å². The lowest BCUT2D eigenvalue weighted by atomic mass is 10.2. The summed E-state index contributed by atoms with van der Waals surface area (Å²) in [5.74, 6) is -2.16. The minimum Gasteiger partial charge on any atom is -0.449 e. The molecule has 1 unspecified atom stereocenters. The molecule has 0 aliphatic heterocycles. The molecule has 104 valence electrons. The maximum atomic E-state index is 11.9. The third-order valence-corrected chi connectivity index (χ3v) is 2.01. The topological polar surface area (TPSA) is 78.6 Å². The van der Waals surface area contributed by atoms with Crippen molar-refractivity contribution in [3.05, 3.63) is 29.8 Å². The normalized spacial score (nSPS) is 12.6. The van der Waals surface area contributed by atoms with Crippen LogP contribution in [0.4, 0.5) is 13.2 Å². The zero-order valence-corrected chi connectivity index (χ0v) is 9.73. The van der Waals surface area contributed by atoms with Crippen molar-refractivity contribution in [2.24, 2.45) is 5.73 Å². The lowest BCUT2D eigenvalue weighted by molar-refractivity contribution is -0.274. The summed E-state index contributed by atoms with van der Waals surface area (Å²) >= 11 is 0. The first-order valence-electron chi connectivity index (χ1n) is 5.05. The van der Waals surface area contributed by atoms with E-state index in [9.17, 15) is 22.8 Å². The molecule has 0 aromatic heterocycles. The molecule has 0 aliphatic carbocycles. The lowest BCUT2D eigenvalue weighted by Gasteiger charge is -2.11. The highest BCUT2D eigenvalue weighted by molar-refractivity contribution is 5.92. The number of amides is 1. The molecule has 1 rings (SSSR count). The number of carbonyl (C=O) groups is 2.